The fourth-order valence-electron chi connectivity index (χ4n) is 1.74. The van der Waals surface area contributed by atoms with Crippen molar-refractivity contribution in [3.05, 3.63) is 36.3 Å². The Kier molecular flexibility index (Phi) is 1.69. The fraction of sp³-hybridized carbons (Fsp3) is 0.0909. The number of aromatic nitrogens is 3. The Balaban J connectivity index is 2.43. The molecule has 0 saturated heterocycles. The van der Waals surface area contributed by atoms with Crippen LogP contribution in [0.4, 0.5) is 0 Å². The van der Waals surface area contributed by atoms with Crippen molar-refractivity contribution in [2.45, 2.75) is 6.61 Å². The van der Waals surface area contributed by atoms with E-state index in [9.17, 15) is 0 Å². The number of aliphatic hydroxyl groups is 1. The first kappa shape index (κ1) is 8.38. The Hall–Kier alpha value is -1.94. The number of H-pyrrole nitrogens is 1. The van der Waals surface area contributed by atoms with Crippen LogP contribution in [0, 0.1) is 0 Å². The minimum Gasteiger partial charge on any atom is -0.388 e. The number of nitrogens with one attached hydrogen (secondary N) is 1. The summed E-state index contributed by atoms with van der Waals surface area (Å²) in [5.74, 6) is 0.439. The summed E-state index contributed by atoms with van der Waals surface area (Å²) in [5.41, 5.74) is 1.81. The number of benzene rings is 1. The van der Waals surface area contributed by atoms with Crippen molar-refractivity contribution in [3.8, 4) is 0 Å². The molecule has 0 aliphatic carbocycles. The SMILES string of the molecule is OCc1ncc2c(n1)[nH]c1ccccc12. The monoisotopic (exact) mass is 199 g/mol. The lowest BCUT2D eigenvalue weighted by Gasteiger charge is -1.93. The first-order valence-corrected chi connectivity index (χ1v) is 4.71. The molecule has 0 fully saturated rings. The fourth-order valence-corrected chi connectivity index (χ4v) is 1.74. The number of hydrogen-bond acceptors (Lipinski definition) is 3. The highest BCUT2D eigenvalue weighted by Gasteiger charge is 2.05. The summed E-state index contributed by atoms with van der Waals surface area (Å²) in [7, 11) is 0. The molecule has 2 N–H and O–H groups in total. The Morgan fingerprint density at radius 2 is 2.07 bits per heavy atom. The molecule has 0 unspecified atom stereocenters. The van der Waals surface area contributed by atoms with Crippen LogP contribution in [0.5, 0.6) is 0 Å². The van der Waals surface area contributed by atoms with Crippen molar-refractivity contribution < 1.29 is 5.11 Å². The number of fused-ring (bicyclic) bond motifs is 3. The molecule has 4 heteroatoms. The van der Waals surface area contributed by atoms with Crippen LogP contribution in [0.25, 0.3) is 21.9 Å². The predicted molar refractivity (Wildman–Crippen MR) is 57.3 cm³/mol. The topological polar surface area (TPSA) is 61.8 Å². The molecule has 2 heterocycles. The zero-order valence-electron chi connectivity index (χ0n) is 7.94. The van der Waals surface area contributed by atoms with Gasteiger partial charge in [-0.15, -0.1) is 0 Å². The average Bonchev–Trinajstić information content (AvgIpc) is 2.66. The van der Waals surface area contributed by atoms with E-state index in [1.165, 1.54) is 0 Å². The second-order valence-corrected chi connectivity index (χ2v) is 3.38. The lowest BCUT2D eigenvalue weighted by atomic mass is 10.2. The van der Waals surface area contributed by atoms with Gasteiger partial charge < -0.3 is 10.1 Å². The Morgan fingerprint density at radius 3 is 2.93 bits per heavy atom. The molecule has 4 nitrogen and oxygen atoms in total. The molecule has 15 heavy (non-hydrogen) atoms. The summed E-state index contributed by atoms with van der Waals surface area (Å²) in [6, 6.07) is 7.97. The molecule has 0 bridgehead atoms. The van der Waals surface area contributed by atoms with E-state index < -0.39 is 0 Å². The van der Waals surface area contributed by atoms with Gasteiger partial charge in [-0.1, -0.05) is 18.2 Å². The first-order valence-electron chi connectivity index (χ1n) is 4.71. The molecule has 0 spiro atoms. The van der Waals surface area contributed by atoms with Crippen molar-refractivity contribution in [1.82, 2.24) is 15.0 Å². The third-order valence-corrected chi connectivity index (χ3v) is 2.45. The van der Waals surface area contributed by atoms with Gasteiger partial charge in [-0.2, -0.15) is 0 Å². The van der Waals surface area contributed by atoms with Gasteiger partial charge >= 0.3 is 0 Å². The van der Waals surface area contributed by atoms with E-state index in [0.29, 0.717) is 5.82 Å². The molecule has 2 aromatic heterocycles. The summed E-state index contributed by atoms with van der Waals surface area (Å²) in [6.45, 7) is -0.134. The van der Waals surface area contributed by atoms with E-state index in [1.807, 2.05) is 24.3 Å². The van der Waals surface area contributed by atoms with Crippen LogP contribution in [0.15, 0.2) is 30.5 Å². The minimum absolute atomic E-state index is 0.134. The van der Waals surface area contributed by atoms with Gasteiger partial charge in [0, 0.05) is 22.5 Å². The summed E-state index contributed by atoms with van der Waals surface area (Å²) < 4.78 is 0. The van der Waals surface area contributed by atoms with Crippen LogP contribution < -0.4 is 0 Å². The van der Waals surface area contributed by atoms with E-state index in [0.717, 1.165) is 21.9 Å². The largest absolute Gasteiger partial charge is 0.388 e. The molecule has 3 rings (SSSR count). The Morgan fingerprint density at radius 1 is 1.20 bits per heavy atom. The normalized spacial score (nSPS) is 11.3. The molecule has 0 aliphatic heterocycles. The number of nitrogens with zero attached hydrogens (tertiary/aromatic N) is 2. The van der Waals surface area contributed by atoms with Gasteiger partial charge in [-0.3, -0.25) is 0 Å². The van der Waals surface area contributed by atoms with Crippen LogP contribution in [-0.4, -0.2) is 20.1 Å². The highest BCUT2D eigenvalue weighted by Crippen LogP contribution is 2.22. The maximum absolute atomic E-state index is 8.93. The number of rotatable bonds is 1. The molecule has 0 saturated carbocycles. The van der Waals surface area contributed by atoms with Gasteiger partial charge in [-0.25, -0.2) is 9.97 Å². The van der Waals surface area contributed by atoms with Crippen LogP contribution in [0.1, 0.15) is 5.82 Å². The predicted octanol–water partition coefficient (Wildman–Crippen LogP) is 1.60. The van der Waals surface area contributed by atoms with Gasteiger partial charge in [0.2, 0.25) is 0 Å². The maximum atomic E-state index is 8.93. The van der Waals surface area contributed by atoms with Gasteiger partial charge in [-0.05, 0) is 6.07 Å². The molecule has 0 amide bonds. The standard InChI is InChI=1S/C11H9N3O/c15-6-10-12-5-8-7-3-1-2-4-9(7)13-11(8)14-10/h1-5,15H,6H2,(H,12,13,14). The van der Waals surface area contributed by atoms with Gasteiger partial charge in [0.1, 0.15) is 12.3 Å². The van der Waals surface area contributed by atoms with E-state index in [2.05, 4.69) is 15.0 Å². The summed E-state index contributed by atoms with van der Waals surface area (Å²) >= 11 is 0. The molecule has 3 aromatic rings. The zero-order chi connectivity index (χ0) is 10.3. The smallest absolute Gasteiger partial charge is 0.156 e. The van der Waals surface area contributed by atoms with Crippen LogP contribution in [0.2, 0.25) is 0 Å². The summed E-state index contributed by atoms with van der Waals surface area (Å²) in [5, 5.41) is 11.0. The molecule has 0 radical (unpaired) electrons. The van der Waals surface area contributed by atoms with Gasteiger partial charge in [0.15, 0.2) is 5.82 Å². The number of hydrogen-bond donors (Lipinski definition) is 2. The van der Waals surface area contributed by atoms with Crippen LogP contribution >= 0.6 is 0 Å². The minimum atomic E-state index is -0.134. The molecular weight excluding hydrogens is 190 g/mol. The molecular formula is C11H9N3O. The zero-order valence-corrected chi connectivity index (χ0v) is 7.94. The van der Waals surface area contributed by atoms with Crippen molar-refractivity contribution in [2.75, 3.05) is 0 Å². The van der Waals surface area contributed by atoms with Crippen molar-refractivity contribution in [3.63, 3.8) is 0 Å². The lowest BCUT2D eigenvalue weighted by Crippen LogP contribution is -1.92. The number of para-hydroxylation sites is 1. The highest BCUT2D eigenvalue weighted by atomic mass is 16.3. The third kappa shape index (κ3) is 1.19. The van der Waals surface area contributed by atoms with Crippen molar-refractivity contribution in [2.24, 2.45) is 0 Å². The maximum Gasteiger partial charge on any atom is 0.156 e. The van der Waals surface area contributed by atoms with Crippen LogP contribution in [0.3, 0.4) is 0 Å². The summed E-state index contributed by atoms with van der Waals surface area (Å²) in [6.07, 6.45) is 1.74. The average molecular weight is 199 g/mol. The Labute approximate surface area is 85.6 Å². The van der Waals surface area contributed by atoms with E-state index in [4.69, 9.17) is 5.11 Å². The molecule has 74 valence electrons. The molecule has 0 atom stereocenters. The lowest BCUT2D eigenvalue weighted by molar-refractivity contribution is 0.272. The highest BCUT2D eigenvalue weighted by molar-refractivity contribution is 6.05. The third-order valence-electron chi connectivity index (χ3n) is 2.45. The van der Waals surface area contributed by atoms with E-state index in [1.54, 1.807) is 6.20 Å². The van der Waals surface area contributed by atoms with Gasteiger partial charge in [0.25, 0.3) is 0 Å². The Bertz CT molecular complexity index is 630. The van der Waals surface area contributed by atoms with E-state index in [-0.39, 0.29) is 6.61 Å². The van der Waals surface area contributed by atoms with Gasteiger partial charge in [0.05, 0.1) is 0 Å². The molecule has 0 aliphatic rings. The number of aromatic amines is 1. The number of aliphatic hydroxyl groups excluding tert-OH is 1. The molecule has 1 aromatic carbocycles. The van der Waals surface area contributed by atoms with Crippen LogP contribution in [-0.2, 0) is 6.61 Å². The van der Waals surface area contributed by atoms with E-state index >= 15 is 0 Å². The summed E-state index contributed by atoms with van der Waals surface area (Å²) in [4.78, 5) is 11.5. The quantitative estimate of drug-likeness (QED) is 0.625. The first-order chi connectivity index (χ1) is 7.38. The van der Waals surface area contributed by atoms with Crippen molar-refractivity contribution >= 4 is 21.9 Å². The second-order valence-electron chi connectivity index (χ2n) is 3.38. The second kappa shape index (κ2) is 3.03. The van der Waals surface area contributed by atoms with Crippen molar-refractivity contribution in [1.29, 1.82) is 0 Å².